The Bertz CT molecular complexity index is 514. The van der Waals surface area contributed by atoms with Gasteiger partial charge >= 0.3 is 0 Å². The number of pyridine rings is 1. The average molecular weight is 229 g/mol. The predicted molar refractivity (Wildman–Crippen MR) is 61.9 cm³/mol. The van der Waals surface area contributed by atoms with Crippen LogP contribution in [0.1, 0.15) is 16.1 Å². The number of hydrogen-bond acceptors (Lipinski definition) is 5. The molecule has 0 aliphatic heterocycles. The van der Waals surface area contributed by atoms with E-state index in [1.165, 1.54) is 18.7 Å². The first-order valence-electron chi connectivity index (χ1n) is 5.00. The molecule has 3 N–H and O–H groups in total. The highest BCUT2D eigenvalue weighted by molar-refractivity contribution is 5.98. The summed E-state index contributed by atoms with van der Waals surface area (Å²) in [5.41, 5.74) is 7.16. The van der Waals surface area contributed by atoms with Crippen LogP contribution in [0.2, 0.25) is 0 Å². The van der Waals surface area contributed by atoms with E-state index in [9.17, 15) is 4.79 Å². The molecule has 17 heavy (non-hydrogen) atoms. The molecule has 0 aliphatic rings. The molecule has 0 aromatic carbocycles. The van der Waals surface area contributed by atoms with E-state index in [0.717, 1.165) is 5.69 Å². The summed E-state index contributed by atoms with van der Waals surface area (Å²) in [6.45, 7) is 0.329. The molecular weight excluding hydrogens is 218 g/mol. The minimum absolute atomic E-state index is 0.269. The van der Waals surface area contributed by atoms with E-state index in [1.54, 1.807) is 18.3 Å². The first-order valence-corrected chi connectivity index (χ1v) is 5.00. The summed E-state index contributed by atoms with van der Waals surface area (Å²) in [6, 6.07) is 3.31. The van der Waals surface area contributed by atoms with Crippen molar-refractivity contribution in [3.8, 4) is 0 Å². The van der Waals surface area contributed by atoms with Gasteiger partial charge < -0.3 is 11.1 Å². The first-order chi connectivity index (χ1) is 8.27. The number of nitrogens with zero attached hydrogens (tertiary/aromatic N) is 3. The maximum atomic E-state index is 11.8. The summed E-state index contributed by atoms with van der Waals surface area (Å²) in [6.07, 6.45) is 6.02. The van der Waals surface area contributed by atoms with Crippen LogP contribution in [0, 0.1) is 0 Å². The van der Waals surface area contributed by atoms with Gasteiger partial charge in [-0.05, 0) is 12.1 Å². The molecule has 0 atom stereocenters. The maximum absolute atomic E-state index is 11.8. The van der Waals surface area contributed by atoms with Crippen LogP contribution in [0.15, 0.2) is 37.1 Å². The molecule has 0 saturated heterocycles. The number of nitrogen functional groups attached to an aromatic ring is 1. The molecule has 1 amide bonds. The fourth-order valence-corrected chi connectivity index (χ4v) is 1.28. The monoisotopic (exact) mass is 229 g/mol. The van der Waals surface area contributed by atoms with Crippen LogP contribution in [0.3, 0.4) is 0 Å². The van der Waals surface area contributed by atoms with Gasteiger partial charge in [-0.15, -0.1) is 0 Å². The molecule has 0 fully saturated rings. The van der Waals surface area contributed by atoms with Crippen LogP contribution in [0.25, 0.3) is 0 Å². The molecule has 2 aromatic rings. The van der Waals surface area contributed by atoms with Crippen LogP contribution in [-0.4, -0.2) is 20.9 Å². The lowest BCUT2D eigenvalue weighted by Crippen LogP contribution is -2.24. The number of carbonyl (C=O) groups excluding carboxylic acids is 1. The van der Waals surface area contributed by atoms with E-state index in [2.05, 4.69) is 20.3 Å². The van der Waals surface area contributed by atoms with Crippen molar-refractivity contribution in [1.82, 2.24) is 20.3 Å². The second kappa shape index (κ2) is 5.02. The molecule has 0 bridgehead atoms. The molecule has 0 saturated carbocycles. The normalized spacial score (nSPS) is 9.88. The van der Waals surface area contributed by atoms with E-state index >= 15 is 0 Å². The highest BCUT2D eigenvalue weighted by Gasteiger charge is 2.08. The highest BCUT2D eigenvalue weighted by Crippen LogP contribution is 2.08. The SMILES string of the molecule is Nc1ccncc1C(=O)NCc1ccncn1. The van der Waals surface area contributed by atoms with Gasteiger partial charge in [0.2, 0.25) is 0 Å². The summed E-state index contributed by atoms with van der Waals surface area (Å²) in [7, 11) is 0. The van der Waals surface area contributed by atoms with Crippen molar-refractivity contribution in [1.29, 1.82) is 0 Å². The van der Waals surface area contributed by atoms with Gasteiger partial charge in [-0.2, -0.15) is 0 Å². The van der Waals surface area contributed by atoms with Crippen molar-refractivity contribution >= 4 is 11.6 Å². The van der Waals surface area contributed by atoms with Crippen LogP contribution in [-0.2, 0) is 6.54 Å². The number of nitrogens with two attached hydrogens (primary N) is 1. The minimum atomic E-state index is -0.269. The number of amides is 1. The van der Waals surface area contributed by atoms with Crippen molar-refractivity contribution < 1.29 is 4.79 Å². The third kappa shape index (κ3) is 2.75. The van der Waals surface area contributed by atoms with Gasteiger partial charge in [0, 0.05) is 24.3 Å². The Hall–Kier alpha value is -2.50. The fourth-order valence-electron chi connectivity index (χ4n) is 1.28. The molecule has 2 aromatic heterocycles. The van der Waals surface area contributed by atoms with Crippen molar-refractivity contribution in [2.45, 2.75) is 6.54 Å². The zero-order valence-corrected chi connectivity index (χ0v) is 9.00. The van der Waals surface area contributed by atoms with Crippen molar-refractivity contribution in [2.75, 3.05) is 5.73 Å². The number of rotatable bonds is 3. The number of hydrogen-bond donors (Lipinski definition) is 2. The molecule has 2 heterocycles. The summed E-state index contributed by atoms with van der Waals surface area (Å²) >= 11 is 0. The van der Waals surface area contributed by atoms with Gasteiger partial charge in [0.15, 0.2) is 0 Å². The summed E-state index contributed by atoms with van der Waals surface area (Å²) in [4.78, 5) is 23.4. The van der Waals surface area contributed by atoms with Gasteiger partial charge in [-0.3, -0.25) is 9.78 Å². The van der Waals surface area contributed by atoms with Crippen molar-refractivity contribution in [3.05, 3.63) is 48.3 Å². The lowest BCUT2D eigenvalue weighted by molar-refractivity contribution is 0.0951. The summed E-state index contributed by atoms with van der Waals surface area (Å²) < 4.78 is 0. The molecule has 2 rings (SSSR count). The number of aromatic nitrogens is 3. The zero-order chi connectivity index (χ0) is 12.1. The van der Waals surface area contributed by atoms with E-state index in [0.29, 0.717) is 17.8 Å². The first kappa shape index (κ1) is 11.0. The van der Waals surface area contributed by atoms with Crippen molar-refractivity contribution in [2.24, 2.45) is 0 Å². The minimum Gasteiger partial charge on any atom is -0.398 e. The van der Waals surface area contributed by atoms with Gasteiger partial charge in [-0.25, -0.2) is 9.97 Å². The Balaban J connectivity index is 2.01. The Kier molecular flexibility index (Phi) is 3.25. The summed E-state index contributed by atoms with van der Waals surface area (Å²) in [5.74, 6) is -0.269. The standard InChI is InChI=1S/C11H11N5O/c12-10-2-4-13-6-9(10)11(17)15-5-8-1-3-14-7-16-8/h1-4,6-7H,5H2,(H2,12,13)(H,15,17). The molecule has 0 aliphatic carbocycles. The van der Waals surface area contributed by atoms with E-state index in [-0.39, 0.29) is 5.91 Å². The van der Waals surface area contributed by atoms with E-state index in [1.807, 2.05) is 0 Å². The number of anilines is 1. The lowest BCUT2D eigenvalue weighted by Gasteiger charge is -2.06. The van der Waals surface area contributed by atoms with Gasteiger partial charge in [0.05, 0.1) is 17.8 Å². The average Bonchev–Trinajstić information content (AvgIpc) is 2.38. The second-order valence-corrected chi connectivity index (χ2v) is 3.35. The number of carbonyl (C=O) groups is 1. The number of nitrogens with one attached hydrogen (secondary N) is 1. The Morgan fingerprint density at radius 3 is 2.82 bits per heavy atom. The van der Waals surface area contributed by atoms with E-state index in [4.69, 9.17) is 5.73 Å². The molecule has 0 radical (unpaired) electrons. The van der Waals surface area contributed by atoms with Gasteiger partial charge in [0.25, 0.3) is 5.91 Å². The quantitative estimate of drug-likeness (QED) is 0.793. The molecule has 6 nitrogen and oxygen atoms in total. The molecule has 0 spiro atoms. The van der Waals surface area contributed by atoms with Crippen LogP contribution < -0.4 is 11.1 Å². The fraction of sp³-hybridized carbons (Fsp3) is 0.0909. The van der Waals surface area contributed by atoms with Crippen molar-refractivity contribution in [3.63, 3.8) is 0 Å². The second-order valence-electron chi connectivity index (χ2n) is 3.35. The molecule has 6 heteroatoms. The van der Waals surface area contributed by atoms with E-state index < -0.39 is 0 Å². The highest BCUT2D eigenvalue weighted by atomic mass is 16.1. The Morgan fingerprint density at radius 2 is 2.12 bits per heavy atom. The van der Waals surface area contributed by atoms with Crippen LogP contribution in [0.5, 0.6) is 0 Å². The van der Waals surface area contributed by atoms with Crippen LogP contribution >= 0.6 is 0 Å². The lowest BCUT2D eigenvalue weighted by atomic mass is 10.2. The molecule has 0 unspecified atom stereocenters. The Morgan fingerprint density at radius 1 is 1.29 bits per heavy atom. The predicted octanol–water partition coefficient (Wildman–Crippen LogP) is 0.384. The zero-order valence-electron chi connectivity index (χ0n) is 9.00. The largest absolute Gasteiger partial charge is 0.398 e. The smallest absolute Gasteiger partial charge is 0.255 e. The van der Waals surface area contributed by atoms with Crippen LogP contribution in [0.4, 0.5) is 5.69 Å². The third-order valence-electron chi connectivity index (χ3n) is 2.17. The molecular formula is C11H11N5O. The Labute approximate surface area is 97.9 Å². The topological polar surface area (TPSA) is 93.8 Å². The third-order valence-corrected chi connectivity index (χ3v) is 2.17. The maximum Gasteiger partial charge on any atom is 0.255 e. The van der Waals surface area contributed by atoms with Gasteiger partial charge in [-0.1, -0.05) is 0 Å². The molecule has 86 valence electrons. The van der Waals surface area contributed by atoms with Gasteiger partial charge in [0.1, 0.15) is 6.33 Å². The summed E-state index contributed by atoms with van der Waals surface area (Å²) in [5, 5.41) is 2.71.